The number of hydrogen-bond donors (Lipinski definition) is 0. The van der Waals surface area contributed by atoms with Gasteiger partial charge in [0.15, 0.2) is 6.10 Å². The van der Waals surface area contributed by atoms with E-state index in [1.807, 2.05) is 48.5 Å². The molecule has 136 valence electrons. The highest BCUT2D eigenvalue weighted by molar-refractivity contribution is 5.80. The van der Waals surface area contributed by atoms with Crippen LogP contribution in [0.25, 0.3) is 11.1 Å². The van der Waals surface area contributed by atoms with Gasteiger partial charge in [-0.15, -0.1) is 0 Å². The van der Waals surface area contributed by atoms with E-state index in [0.717, 1.165) is 34.4 Å². The fraction of sp³-hybridized carbons (Fsp3) is 0.136. The summed E-state index contributed by atoms with van der Waals surface area (Å²) < 4.78 is 44.2. The predicted octanol–water partition coefficient (Wildman–Crippen LogP) is 5.56. The van der Waals surface area contributed by atoms with E-state index in [1.54, 1.807) is 0 Å². The Bertz CT molecular complexity index is 963. The first kappa shape index (κ1) is 17.3. The van der Waals surface area contributed by atoms with E-state index in [4.69, 9.17) is 4.74 Å². The zero-order valence-corrected chi connectivity index (χ0v) is 14.2. The quantitative estimate of drug-likeness (QED) is 0.566. The number of hydrogen-bond acceptors (Lipinski definition) is 2. The lowest BCUT2D eigenvalue weighted by atomic mass is 10.1. The van der Waals surface area contributed by atoms with Gasteiger partial charge >= 0.3 is 12.1 Å². The Morgan fingerprint density at radius 2 is 1.44 bits per heavy atom. The molecule has 0 fully saturated rings. The molecule has 0 unspecified atom stereocenters. The minimum atomic E-state index is -4.44. The molecule has 4 rings (SSSR count). The lowest BCUT2D eigenvalue weighted by Crippen LogP contribution is -2.13. The van der Waals surface area contributed by atoms with E-state index in [-0.39, 0.29) is 12.0 Å². The van der Waals surface area contributed by atoms with Crippen LogP contribution < -0.4 is 0 Å². The van der Waals surface area contributed by atoms with Gasteiger partial charge in [-0.3, -0.25) is 4.79 Å². The third-order valence-electron chi connectivity index (χ3n) is 4.63. The summed E-state index contributed by atoms with van der Waals surface area (Å²) in [4.78, 5) is 12.4. The number of carbonyl (C=O) groups excluding carboxylic acids is 1. The maximum atomic E-state index is 12.8. The zero-order valence-electron chi connectivity index (χ0n) is 14.2. The first-order valence-electron chi connectivity index (χ1n) is 8.47. The monoisotopic (exact) mass is 368 g/mol. The Morgan fingerprint density at radius 3 is 2.04 bits per heavy atom. The van der Waals surface area contributed by atoms with Gasteiger partial charge < -0.3 is 4.74 Å². The number of halogens is 3. The summed E-state index contributed by atoms with van der Waals surface area (Å²) in [6.45, 7) is 0. The van der Waals surface area contributed by atoms with Crippen molar-refractivity contribution < 1.29 is 22.7 Å². The van der Waals surface area contributed by atoms with Crippen LogP contribution in [-0.2, 0) is 22.1 Å². The molecular formula is C22H15F3O2. The highest BCUT2D eigenvalue weighted by Gasteiger charge is 2.32. The SMILES string of the molecule is O=C(Cc1cccc(C(F)(F)F)c1)OC1c2ccccc2-c2ccccc21. The highest BCUT2D eigenvalue weighted by Crippen LogP contribution is 2.45. The summed E-state index contributed by atoms with van der Waals surface area (Å²) in [6, 6.07) is 20.1. The molecule has 1 aliphatic rings. The van der Waals surface area contributed by atoms with Crippen molar-refractivity contribution in [1.82, 2.24) is 0 Å². The molecule has 27 heavy (non-hydrogen) atoms. The van der Waals surface area contributed by atoms with Crippen LogP contribution in [0.1, 0.15) is 28.4 Å². The van der Waals surface area contributed by atoms with Crippen LogP contribution in [0.3, 0.4) is 0 Å². The van der Waals surface area contributed by atoms with Crippen molar-refractivity contribution in [1.29, 1.82) is 0 Å². The van der Waals surface area contributed by atoms with Crippen LogP contribution >= 0.6 is 0 Å². The van der Waals surface area contributed by atoms with Crippen molar-refractivity contribution in [3.8, 4) is 11.1 Å². The Morgan fingerprint density at radius 1 is 0.852 bits per heavy atom. The van der Waals surface area contributed by atoms with Gasteiger partial charge in [0, 0.05) is 11.1 Å². The summed E-state index contributed by atoms with van der Waals surface area (Å²) in [5, 5.41) is 0. The third-order valence-corrected chi connectivity index (χ3v) is 4.63. The van der Waals surface area contributed by atoms with Gasteiger partial charge in [0.25, 0.3) is 0 Å². The van der Waals surface area contributed by atoms with Crippen molar-refractivity contribution >= 4 is 5.97 Å². The summed E-state index contributed by atoms with van der Waals surface area (Å²) in [7, 11) is 0. The van der Waals surface area contributed by atoms with Crippen molar-refractivity contribution in [2.24, 2.45) is 0 Å². The van der Waals surface area contributed by atoms with Gasteiger partial charge in [-0.1, -0.05) is 66.7 Å². The lowest BCUT2D eigenvalue weighted by Gasteiger charge is -2.15. The first-order valence-corrected chi connectivity index (χ1v) is 8.47. The molecule has 0 N–H and O–H groups in total. The molecule has 3 aromatic carbocycles. The van der Waals surface area contributed by atoms with Gasteiger partial charge in [-0.2, -0.15) is 13.2 Å². The van der Waals surface area contributed by atoms with Crippen LogP contribution in [0.15, 0.2) is 72.8 Å². The average molecular weight is 368 g/mol. The summed E-state index contributed by atoms with van der Waals surface area (Å²) >= 11 is 0. The number of fused-ring (bicyclic) bond motifs is 3. The van der Waals surface area contributed by atoms with Gasteiger partial charge in [-0.05, 0) is 22.8 Å². The molecule has 5 heteroatoms. The molecule has 0 amide bonds. The normalized spacial score (nSPS) is 13.1. The van der Waals surface area contributed by atoms with Crippen LogP contribution in [0.4, 0.5) is 13.2 Å². The van der Waals surface area contributed by atoms with Crippen LogP contribution in [0.5, 0.6) is 0 Å². The molecule has 0 bridgehead atoms. The molecule has 3 aromatic rings. The maximum absolute atomic E-state index is 12.8. The Labute approximate surface area is 154 Å². The van der Waals surface area contributed by atoms with Crippen molar-refractivity contribution in [2.45, 2.75) is 18.7 Å². The maximum Gasteiger partial charge on any atom is 0.416 e. The number of ether oxygens (including phenoxy) is 1. The molecule has 2 nitrogen and oxygen atoms in total. The second-order valence-corrected chi connectivity index (χ2v) is 6.42. The van der Waals surface area contributed by atoms with Crippen LogP contribution in [-0.4, -0.2) is 5.97 Å². The molecule has 0 spiro atoms. The van der Waals surface area contributed by atoms with E-state index < -0.39 is 23.8 Å². The summed E-state index contributed by atoms with van der Waals surface area (Å²) in [5.74, 6) is -0.564. The Balaban J connectivity index is 1.57. The number of esters is 1. The topological polar surface area (TPSA) is 26.3 Å². The largest absolute Gasteiger partial charge is 0.452 e. The van der Waals surface area contributed by atoms with Gasteiger partial charge in [0.2, 0.25) is 0 Å². The van der Waals surface area contributed by atoms with Crippen molar-refractivity contribution in [2.75, 3.05) is 0 Å². The van der Waals surface area contributed by atoms with Gasteiger partial charge in [0.1, 0.15) is 0 Å². The summed E-state index contributed by atoms with van der Waals surface area (Å²) in [5.41, 5.74) is 3.28. The minimum absolute atomic E-state index is 0.218. The standard InChI is InChI=1S/C22H15F3O2/c23-22(24,25)15-7-5-6-14(12-15)13-20(26)27-21-18-10-3-1-8-16(18)17-9-2-4-11-19(17)21/h1-12,21H,13H2. The molecule has 0 atom stereocenters. The number of alkyl halides is 3. The molecule has 0 saturated heterocycles. The van der Waals surface area contributed by atoms with E-state index >= 15 is 0 Å². The van der Waals surface area contributed by atoms with Crippen LogP contribution in [0, 0.1) is 0 Å². The van der Waals surface area contributed by atoms with E-state index in [9.17, 15) is 18.0 Å². The smallest absolute Gasteiger partial charge is 0.416 e. The second-order valence-electron chi connectivity index (χ2n) is 6.42. The molecule has 0 radical (unpaired) electrons. The Hall–Kier alpha value is -3.08. The number of benzene rings is 3. The highest BCUT2D eigenvalue weighted by atomic mass is 19.4. The second kappa shape index (κ2) is 6.58. The third kappa shape index (κ3) is 3.33. The van der Waals surface area contributed by atoms with E-state index in [0.29, 0.717) is 0 Å². The minimum Gasteiger partial charge on any atom is -0.452 e. The van der Waals surface area contributed by atoms with E-state index in [1.165, 1.54) is 12.1 Å². The molecule has 0 saturated carbocycles. The number of carbonyl (C=O) groups is 1. The van der Waals surface area contributed by atoms with Gasteiger partial charge in [-0.25, -0.2) is 0 Å². The Kier molecular flexibility index (Phi) is 4.22. The first-order chi connectivity index (χ1) is 12.9. The van der Waals surface area contributed by atoms with E-state index in [2.05, 4.69) is 0 Å². The van der Waals surface area contributed by atoms with Crippen molar-refractivity contribution in [3.05, 3.63) is 95.1 Å². The molecular weight excluding hydrogens is 353 g/mol. The fourth-order valence-electron chi connectivity index (χ4n) is 3.43. The predicted molar refractivity (Wildman–Crippen MR) is 95.0 cm³/mol. The lowest BCUT2D eigenvalue weighted by molar-refractivity contribution is -0.146. The molecule has 1 aliphatic carbocycles. The average Bonchev–Trinajstić information content (AvgIpc) is 2.96. The fourth-order valence-corrected chi connectivity index (χ4v) is 3.43. The van der Waals surface area contributed by atoms with Crippen LogP contribution in [0.2, 0.25) is 0 Å². The summed E-state index contributed by atoms with van der Waals surface area (Å²) in [6.07, 6.45) is -5.20. The number of rotatable bonds is 3. The molecule has 0 aliphatic heterocycles. The molecule has 0 heterocycles. The zero-order chi connectivity index (χ0) is 19.0. The van der Waals surface area contributed by atoms with Gasteiger partial charge in [0.05, 0.1) is 12.0 Å². The van der Waals surface area contributed by atoms with Crippen molar-refractivity contribution in [3.63, 3.8) is 0 Å². The molecule has 0 aromatic heterocycles.